The Labute approximate surface area is 158 Å². The lowest BCUT2D eigenvalue weighted by molar-refractivity contribution is 0.101. The number of nitrogens with zero attached hydrogens (tertiary/aromatic N) is 6. The number of benzene rings is 1. The molecule has 7 heteroatoms. The fourth-order valence-corrected chi connectivity index (χ4v) is 3.43. The van der Waals surface area contributed by atoms with Crippen LogP contribution in [0.3, 0.4) is 0 Å². The fraction of sp³-hybridized carbons (Fsp3) is 0.350. The summed E-state index contributed by atoms with van der Waals surface area (Å²) in [6.07, 6.45) is 6.66. The van der Waals surface area contributed by atoms with Crippen LogP contribution in [0.4, 0.5) is 5.95 Å². The molecule has 3 aromatic rings. The van der Waals surface area contributed by atoms with Gasteiger partial charge >= 0.3 is 0 Å². The van der Waals surface area contributed by atoms with Gasteiger partial charge in [-0.25, -0.2) is 9.97 Å². The lowest BCUT2D eigenvalue weighted by Gasteiger charge is -2.38. The standard InChI is InChI=1S/C20H22N6O/c1-14(16-3-4-18-19(11-16)22-6-5-21-18)25-7-9-26(10-8-25)20-23-12-17(13-24-20)15(2)27/h3-6,11-14H,7-10H2,1-2H3. The van der Waals surface area contributed by atoms with Crippen LogP contribution in [0.2, 0.25) is 0 Å². The predicted molar refractivity (Wildman–Crippen MR) is 104 cm³/mol. The number of hydrogen-bond acceptors (Lipinski definition) is 7. The Morgan fingerprint density at radius 1 is 0.963 bits per heavy atom. The van der Waals surface area contributed by atoms with Crippen molar-refractivity contribution in [3.8, 4) is 0 Å². The van der Waals surface area contributed by atoms with Crippen LogP contribution in [0, 0.1) is 0 Å². The molecular formula is C20H22N6O. The molecule has 7 nitrogen and oxygen atoms in total. The summed E-state index contributed by atoms with van der Waals surface area (Å²) < 4.78 is 0. The molecule has 0 aliphatic carbocycles. The number of rotatable bonds is 4. The van der Waals surface area contributed by atoms with E-state index < -0.39 is 0 Å². The van der Waals surface area contributed by atoms with Crippen molar-refractivity contribution in [1.82, 2.24) is 24.8 Å². The maximum Gasteiger partial charge on any atom is 0.225 e. The second kappa shape index (κ2) is 7.36. The quantitative estimate of drug-likeness (QED) is 0.660. The zero-order valence-corrected chi connectivity index (χ0v) is 15.5. The number of anilines is 1. The lowest BCUT2D eigenvalue weighted by atomic mass is 10.1. The van der Waals surface area contributed by atoms with Crippen LogP contribution in [-0.2, 0) is 0 Å². The van der Waals surface area contributed by atoms with Gasteiger partial charge in [-0.1, -0.05) is 6.07 Å². The van der Waals surface area contributed by atoms with E-state index in [0.29, 0.717) is 17.6 Å². The Morgan fingerprint density at radius 2 is 1.63 bits per heavy atom. The van der Waals surface area contributed by atoms with Gasteiger partial charge in [0.25, 0.3) is 0 Å². The number of Topliss-reactive ketones (excluding diaryl/α,β-unsaturated/α-hetero) is 1. The summed E-state index contributed by atoms with van der Waals surface area (Å²) in [5, 5.41) is 0. The van der Waals surface area contributed by atoms with Crippen molar-refractivity contribution in [3.63, 3.8) is 0 Å². The van der Waals surface area contributed by atoms with Gasteiger partial charge in [-0.05, 0) is 31.5 Å². The predicted octanol–water partition coefficient (Wildman–Crippen LogP) is 2.51. The highest BCUT2D eigenvalue weighted by atomic mass is 16.1. The normalized spacial score (nSPS) is 16.4. The van der Waals surface area contributed by atoms with Gasteiger partial charge < -0.3 is 4.90 Å². The first-order chi connectivity index (χ1) is 13.1. The first kappa shape index (κ1) is 17.5. The maximum absolute atomic E-state index is 11.4. The van der Waals surface area contributed by atoms with Gasteiger partial charge in [0.15, 0.2) is 5.78 Å². The molecule has 3 heterocycles. The first-order valence-corrected chi connectivity index (χ1v) is 9.14. The van der Waals surface area contributed by atoms with E-state index in [9.17, 15) is 4.79 Å². The van der Waals surface area contributed by atoms with Gasteiger partial charge in [0.1, 0.15) is 0 Å². The maximum atomic E-state index is 11.4. The Balaban J connectivity index is 1.42. The molecule has 1 saturated heterocycles. The van der Waals surface area contributed by atoms with E-state index in [1.54, 1.807) is 24.8 Å². The van der Waals surface area contributed by atoms with Crippen molar-refractivity contribution in [2.45, 2.75) is 19.9 Å². The minimum absolute atomic E-state index is 0.0136. The van der Waals surface area contributed by atoms with E-state index in [4.69, 9.17) is 0 Å². The lowest BCUT2D eigenvalue weighted by Crippen LogP contribution is -2.47. The van der Waals surface area contributed by atoms with Crippen molar-refractivity contribution in [3.05, 3.63) is 54.1 Å². The second-order valence-electron chi connectivity index (χ2n) is 6.83. The number of aromatic nitrogens is 4. The van der Waals surface area contributed by atoms with Crippen LogP contribution in [0.25, 0.3) is 11.0 Å². The number of piperazine rings is 1. The van der Waals surface area contributed by atoms with Crippen molar-refractivity contribution < 1.29 is 4.79 Å². The van der Waals surface area contributed by atoms with Gasteiger partial charge in [0.05, 0.1) is 16.6 Å². The SMILES string of the molecule is CC(=O)c1cnc(N2CCN(C(C)c3ccc4nccnc4c3)CC2)nc1. The van der Waals surface area contributed by atoms with Crippen molar-refractivity contribution >= 4 is 22.8 Å². The molecule has 0 amide bonds. The molecule has 4 rings (SSSR count). The Kier molecular flexibility index (Phi) is 4.77. The molecule has 27 heavy (non-hydrogen) atoms. The molecule has 0 N–H and O–H groups in total. The molecule has 1 fully saturated rings. The third-order valence-corrected chi connectivity index (χ3v) is 5.17. The molecule has 0 spiro atoms. The monoisotopic (exact) mass is 362 g/mol. The average Bonchev–Trinajstić information content (AvgIpc) is 2.73. The molecule has 1 aromatic carbocycles. The van der Waals surface area contributed by atoms with Gasteiger partial charge in [0.2, 0.25) is 5.95 Å². The number of fused-ring (bicyclic) bond motifs is 1. The minimum atomic E-state index is -0.0136. The minimum Gasteiger partial charge on any atom is -0.338 e. The summed E-state index contributed by atoms with van der Waals surface area (Å²) in [4.78, 5) is 33.4. The van der Waals surface area contributed by atoms with E-state index in [-0.39, 0.29) is 5.78 Å². The largest absolute Gasteiger partial charge is 0.338 e. The Hall–Kier alpha value is -2.93. The molecule has 0 bridgehead atoms. The van der Waals surface area contributed by atoms with E-state index in [1.165, 1.54) is 12.5 Å². The summed E-state index contributed by atoms with van der Waals surface area (Å²) >= 11 is 0. The zero-order valence-electron chi connectivity index (χ0n) is 15.5. The first-order valence-electron chi connectivity index (χ1n) is 9.14. The molecule has 1 aliphatic heterocycles. The fourth-order valence-electron chi connectivity index (χ4n) is 3.43. The molecular weight excluding hydrogens is 340 g/mol. The highest BCUT2D eigenvalue weighted by molar-refractivity contribution is 5.93. The molecule has 1 aliphatic rings. The smallest absolute Gasteiger partial charge is 0.225 e. The third-order valence-electron chi connectivity index (χ3n) is 5.17. The molecule has 1 unspecified atom stereocenters. The molecule has 138 valence electrons. The van der Waals surface area contributed by atoms with E-state index in [0.717, 1.165) is 37.2 Å². The Bertz CT molecular complexity index is 950. The highest BCUT2D eigenvalue weighted by Crippen LogP contribution is 2.24. The molecule has 1 atom stereocenters. The second-order valence-corrected chi connectivity index (χ2v) is 6.83. The molecule has 0 radical (unpaired) electrons. The molecule has 2 aromatic heterocycles. The van der Waals surface area contributed by atoms with E-state index in [2.05, 4.69) is 48.8 Å². The number of carbonyl (C=O) groups is 1. The van der Waals surface area contributed by atoms with Crippen LogP contribution in [-0.4, -0.2) is 56.8 Å². The summed E-state index contributed by atoms with van der Waals surface area (Å²) in [7, 11) is 0. The summed E-state index contributed by atoms with van der Waals surface area (Å²) in [6.45, 7) is 7.32. The third kappa shape index (κ3) is 3.64. The molecule has 0 saturated carbocycles. The van der Waals surface area contributed by atoms with Crippen LogP contribution in [0.5, 0.6) is 0 Å². The van der Waals surface area contributed by atoms with Crippen LogP contribution in [0.15, 0.2) is 43.0 Å². The van der Waals surface area contributed by atoms with Crippen molar-refractivity contribution in [2.24, 2.45) is 0 Å². The van der Waals surface area contributed by atoms with E-state index >= 15 is 0 Å². The highest BCUT2D eigenvalue weighted by Gasteiger charge is 2.23. The van der Waals surface area contributed by atoms with Gasteiger partial charge in [-0.3, -0.25) is 19.7 Å². The van der Waals surface area contributed by atoms with Crippen LogP contribution in [0.1, 0.15) is 35.8 Å². The number of hydrogen-bond donors (Lipinski definition) is 0. The van der Waals surface area contributed by atoms with E-state index in [1.807, 2.05) is 6.07 Å². The summed E-state index contributed by atoms with van der Waals surface area (Å²) in [5.41, 5.74) is 3.65. The Morgan fingerprint density at radius 3 is 2.30 bits per heavy atom. The van der Waals surface area contributed by atoms with Gasteiger partial charge in [0, 0.05) is 57.0 Å². The van der Waals surface area contributed by atoms with Crippen molar-refractivity contribution in [1.29, 1.82) is 0 Å². The number of ketones is 1. The topological polar surface area (TPSA) is 75.1 Å². The summed E-state index contributed by atoms with van der Waals surface area (Å²) in [6, 6.07) is 6.61. The zero-order chi connectivity index (χ0) is 18.8. The summed E-state index contributed by atoms with van der Waals surface area (Å²) in [5.74, 6) is 0.675. The average molecular weight is 362 g/mol. The van der Waals surface area contributed by atoms with Crippen LogP contribution >= 0.6 is 0 Å². The number of carbonyl (C=O) groups excluding carboxylic acids is 1. The van der Waals surface area contributed by atoms with Crippen LogP contribution < -0.4 is 4.90 Å². The van der Waals surface area contributed by atoms with Crippen molar-refractivity contribution in [2.75, 3.05) is 31.1 Å². The van der Waals surface area contributed by atoms with Gasteiger partial charge in [-0.15, -0.1) is 0 Å². The van der Waals surface area contributed by atoms with Gasteiger partial charge in [-0.2, -0.15) is 0 Å².